The van der Waals surface area contributed by atoms with Gasteiger partial charge >= 0.3 is 12.0 Å². The van der Waals surface area contributed by atoms with Gasteiger partial charge in [-0.1, -0.05) is 0 Å². The maximum Gasteiger partial charge on any atom is 0.337 e. The van der Waals surface area contributed by atoms with Crippen LogP contribution in [0, 0.1) is 0 Å². The van der Waals surface area contributed by atoms with Gasteiger partial charge in [-0.05, 0) is 58.9 Å². The van der Waals surface area contributed by atoms with Gasteiger partial charge in [0.15, 0.2) is 0 Å². The number of hydrogen-bond acceptors (Lipinski definition) is 8. The van der Waals surface area contributed by atoms with E-state index in [4.69, 9.17) is 4.74 Å². The Balaban J connectivity index is 2.26. The highest BCUT2D eigenvalue weighted by Crippen LogP contribution is 2.22. The summed E-state index contributed by atoms with van der Waals surface area (Å²) < 4.78 is 10.4. The lowest BCUT2D eigenvalue weighted by atomic mass is 10.1. The number of ether oxygens (including phenoxy) is 2. The fraction of sp³-hybridized carbons (Fsp3) is 0.444. The molecule has 2 N–H and O–H groups in total. The van der Waals surface area contributed by atoms with E-state index in [2.05, 4.69) is 30.3 Å². The Morgan fingerprint density at radius 2 is 1.65 bits per heavy atom. The van der Waals surface area contributed by atoms with Crippen LogP contribution >= 0.6 is 0 Å². The van der Waals surface area contributed by atoms with Gasteiger partial charge in [-0.25, -0.2) is 4.79 Å². The van der Waals surface area contributed by atoms with E-state index in [1.165, 1.54) is 7.11 Å². The second-order valence-corrected chi connectivity index (χ2v) is 7.06. The minimum absolute atomic E-state index is 0.153. The third-order valence-corrected chi connectivity index (χ3v) is 3.00. The van der Waals surface area contributed by atoms with E-state index >= 15 is 0 Å². The van der Waals surface area contributed by atoms with Crippen molar-refractivity contribution >= 4 is 17.9 Å². The number of carbonyl (C=O) groups excluding carboxylic acids is 1. The standard InChI is InChI=1S/C18H25N5O3/c1-11(2)19-15-20-16(23-18(3,4)5)22-17(21-15)26-13-9-7-12(8-10-13)14(24)25-6/h7-11H,1-6H3,(H2,19,20,21,22,23). The van der Waals surface area contributed by atoms with E-state index in [0.29, 0.717) is 23.2 Å². The van der Waals surface area contributed by atoms with Crippen molar-refractivity contribution in [2.75, 3.05) is 17.7 Å². The summed E-state index contributed by atoms with van der Waals surface area (Å²) in [6.45, 7) is 10.0. The van der Waals surface area contributed by atoms with E-state index in [0.717, 1.165) is 0 Å². The number of aromatic nitrogens is 3. The normalized spacial score (nSPS) is 11.2. The molecular weight excluding hydrogens is 334 g/mol. The summed E-state index contributed by atoms with van der Waals surface area (Å²) in [6.07, 6.45) is 0. The van der Waals surface area contributed by atoms with Crippen LogP contribution in [-0.2, 0) is 4.74 Å². The van der Waals surface area contributed by atoms with Crippen molar-refractivity contribution in [1.29, 1.82) is 0 Å². The van der Waals surface area contributed by atoms with Crippen LogP contribution in [0.3, 0.4) is 0 Å². The Hall–Kier alpha value is -2.90. The van der Waals surface area contributed by atoms with Gasteiger partial charge in [-0.3, -0.25) is 0 Å². The van der Waals surface area contributed by atoms with Crippen LogP contribution in [0.5, 0.6) is 11.8 Å². The molecule has 0 aliphatic carbocycles. The smallest absolute Gasteiger partial charge is 0.337 e. The monoisotopic (exact) mass is 359 g/mol. The summed E-state index contributed by atoms with van der Waals surface area (Å²) >= 11 is 0. The van der Waals surface area contributed by atoms with E-state index in [9.17, 15) is 4.79 Å². The summed E-state index contributed by atoms with van der Waals surface area (Å²) in [6, 6.07) is 6.85. The molecule has 0 saturated heterocycles. The number of carbonyl (C=O) groups is 1. The molecule has 0 unspecified atom stereocenters. The molecular formula is C18H25N5O3. The predicted molar refractivity (Wildman–Crippen MR) is 99.8 cm³/mol. The molecule has 0 aliphatic heterocycles. The molecule has 0 atom stereocenters. The van der Waals surface area contributed by atoms with Crippen molar-refractivity contribution in [1.82, 2.24) is 15.0 Å². The van der Waals surface area contributed by atoms with E-state index in [1.54, 1.807) is 24.3 Å². The molecule has 0 spiro atoms. The first kappa shape index (κ1) is 19.4. The molecule has 0 saturated carbocycles. The lowest BCUT2D eigenvalue weighted by molar-refractivity contribution is 0.0600. The van der Waals surface area contributed by atoms with Gasteiger partial charge in [0.05, 0.1) is 12.7 Å². The van der Waals surface area contributed by atoms with Crippen LogP contribution in [0.2, 0.25) is 0 Å². The van der Waals surface area contributed by atoms with Crippen LogP contribution in [0.25, 0.3) is 0 Å². The molecule has 8 nitrogen and oxygen atoms in total. The molecule has 0 aliphatic rings. The third-order valence-electron chi connectivity index (χ3n) is 3.00. The van der Waals surface area contributed by atoms with Crippen LogP contribution in [0.4, 0.5) is 11.9 Å². The average molecular weight is 359 g/mol. The molecule has 1 aromatic carbocycles. The zero-order valence-corrected chi connectivity index (χ0v) is 16.0. The van der Waals surface area contributed by atoms with Gasteiger partial charge < -0.3 is 20.1 Å². The maximum atomic E-state index is 11.5. The summed E-state index contributed by atoms with van der Waals surface area (Å²) in [7, 11) is 1.34. The number of anilines is 2. The molecule has 0 radical (unpaired) electrons. The van der Waals surface area contributed by atoms with Crippen LogP contribution in [-0.4, -0.2) is 39.6 Å². The Bertz CT molecular complexity index is 754. The quantitative estimate of drug-likeness (QED) is 0.757. The van der Waals surface area contributed by atoms with Crippen LogP contribution in [0.1, 0.15) is 45.0 Å². The Kier molecular flexibility index (Phi) is 5.97. The first-order chi connectivity index (χ1) is 12.2. The summed E-state index contributed by atoms with van der Waals surface area (Å²) in [5.74, 6) is 0.928. The fourth-order valence-electron chi connectivity index (χ4n) is 2.00. The SMILES string of the molecule is COC(=O)c1ccc(Oc2nc(NC(C)C)nc(NC(C)(C)C)n2)cc1. The molecule has 0 amide bonds. The van der Waals surface area contributed by atoms with Gasteiger partial charge in [0.1, 0.15) is 5.75 Å². The number of esters is 1. The lowest BCUT2D eigenvalue weighted by Gasteiger charge is -2.21. The highest BCUT2D eigenvalue weighted by molar-refractivity contribution is 5.89. The zero-order valence-electron chi connectivity index (χ0n) is 16.0. The number of nitrogens with one attached hydrogen (secondary N) is 2. The van der Waals surface area contributed by atoms with Gasteiger partial charge in [0, 0.05) is 11.6 Å². The van der Waals surface area contributed by atoms with Crippen molar-refractivity contribution < 1.29 is 14.3 Å². The molecule has 1 heterocycles. The van der Waals surface area contributed by atoms with Gasteiger partial charge in [-0.15, -0.1) is 0 Å². The molecule has 2 rings (SSSR count). The number of rotatable bonds is 6. The summed E-state index contributed by atoms with van der Waals surface area (Å²) in [5.41, 5.74) is 0.225. The highest BCUT2D eigenvalue weighted by Gasteiger charge is 2.15. The second kappa shape index (κ2) is 7.99. The topological polar surface area (TPSA) is 98.3 Å². The number of hydrogen-bond donors (Lipinski definition) is 2. The summed E-state index contributed by atoms with van der Waals surface area (Å²) in [5, 5.41) is 6.35. The van der Waals surface area contributed by atoms with Crippen molar-refractivity contribution in [2.45, 2.75) is 46.2 Å². The summed E-state index contributed by atoms with van der Waals surface area (Å²) in [4.78, 5) is 24.5. The number of nitrogens with zero attached hydrogens (tertiary/aromatic N) is 3. The third kappa shape index (κ3) is 5.87. The predicted octanol–water partition coefficient (Wildman–Crippen LogP) is 3.48. The van der Waals surface area contributed by atoms with E-state index < -0.39 is 5.97 Å². The first-order valence-electron chi connectivity index (χ1n) is 8.33. The highest BCUT2D eigenvalue weighted by atomic mass is 16.5. The minimum atomic E-state index is -0.406. The van der Waals surface area contributed by atoms with Gasteiger partial charge in [0.2, 0.25) is 11.9 Å². The molecule has 1 aromatic heterocycles. The zero-order chi connectivity index (χ0) is 19.3. The Labute approximate surface area is 153 Å². The van der Waals surface area contributed by atoms with Crippen molar-refractivity contribution in [3.05, 3.63) is 29.8 Å². The second-order valence-electron chi connectivity index (χ2n) is 7.06. The van der Waals surface area contributed by atoms with Crippen LogP contribution < -0.4 is 15.4 Å². The number of methoxy groups -OCH3 is 1. The van der Waals surface area contributed by atoms with E-state index in [-0.39, 0.29) is 17.6 Å². The fourth-order valence-corrected chi connectivity index (χ4v) is 2.00. The number of benzene rings is 1. The van der Waals surface area contributed by atoms with Gasteiger partial charge in [-0.2, -0.15) is 15.0 Å². The van der Waals surface area contributed by atoms with Crippen molar-refractivity contribution in [3.8, 4) is 11.8 Å². The Morgan fingerprint density at radius 1 is 1.04 bits per heavy atom. The van der Waals surface area contributed by atoms with Crippen molar-refractivity contribution in [2.24, 2.45) is 0 Å². The van der Waals surface area contributed by atoms with E-state index in [1.807, 2.05) is 34.6 Å². The largest absolute Gasteiger partial charge is 0.465 e. The first-order valence-corrected chi connectivity index (χ1v) is 8.33. The lowest BCUT2D eigenvalue weighted by Crippen LogP contribution is -2.28. The molecule has 2 aromatic rings. The van der Waals surface area contributed by atoms with Crippen LogP contribution in [0.15, 0.2) is 24.3 Å². The Morgan fingerprint density at radius 3 is 2.19 bits per heavy atom. The molecule has 8 heteroatoms. The molecule has 140 valence electrons. The van der Waals surface area contributed by atoms with Crippen molar-refractivity contribution in [3.63, 3.8) is 0 Å². The van der Waals surface area contributed by atoms with Gasteiger partial charge in [0.25, 0.3) is 0 Å². The molecule has 26 heavy (non-hydrogen) atoms. The maximum absolute atomic E-state index is 11.5. The molecule has 0 fully saturated rings. The average Bonchev–Trinajstić information content (AvgIpc) is 2.52. The molecule has 0 bridgehead atoms. The minimum Gasteiger partial charge on any atom is -0.465 e.